The van der Waals surface area contributed by atoms with Crippen molar-refractivity contribution in [2.24, 2.45) is 0 Å². The first-order valence-corrected chi connectivity index (χ1v) is 10.1. The van der Waals surface area contributed by atoms with Gasteiger partial charge in [-0.05, 0) is 36.6 Å². The number of nitrogens with two attached hydrogens (primary N) is 1. The van der Waals surface area contributed by atoms with Crippen LogP contribution >= 0.6 is 0 Å². The molecule has 30 heavy (non-hydrogen) atoms. The lowest BCUT2D eigenvalue weighted by atomic mass is 9.91. The second-order valence-electron chi connectivity index (χ2n) is 7.79. The van der Waals surface area contributed by atoms with Gasteiger partial charge in [0.25, 0.3) is 0 Å². The second kappa shape index (κ2) is 7.42. The van der Waals surface area contributed by atoms with Gasteiger partial charge in [0.15, 0.2) is 5.75 Å². The van der Waals surface area contributed by atoms with Crippen LogP contribution in [0.4, 0.5) is 5.95 Å². The van der Waals surface area contributed by atoms with Crippen LogP contribution in [0.25, 0.3) is 22.2 Å². The van der Waals surface area contributed by atoms with Crippen LogP contribution in [0.2, 0.25) is 0 Å². The zero-order valence-electron chi connectivity index (χ0n) is 16.5. The maximum absolute atomic E-state index is 11.0. The molecule has 1 aromatic carbocycles. The molecule has 1 aliphatic carbocycles. The number of aliphatic hydroxyl groups is 1. The quantitative estimate of drug-likeness (QED) is 0.467. The van der Waals surface area contributed by atoms with Crippen LogP contribution in [-0.4, -0.2) is 25.0 Å². The van der Waals surface area contributed by atoms with E-state index in [-0.39, 0.29) is 5.95 Å². The molecule has 0 spiro atoms. The molecule has 7 nitrogen and oxygen atoms in total. The maximum atomic E-state index is 11.0. The highest BCUT2D eigenvalue weighted by Gasteiger charge is 2.33. The minimum Gasteiger partial charge on any atom is -0.485 e. The average molecular weight is 401 g/mol. The number of ether oxygens (including phenoxy) is 1. The molecule has 1 fully saturated rings. The molecular weight excluding hydrogens is 378 g/mol. The molecule has 3 aromatic heterocycles. The second-order valence-corrected chi connectivity index (χ2v) is 7.79. The Morgan fingerprint density at radius 2 is 2.03 bits per heavy atom. The van der Waals surface area contributed by atoms with Crippen LogP contribution < -0.4 is 10.5 Å². The van der Waals surface area contributed by atoms with Gasteiger partial charge in [0, 0.05) is 40.6 Å². The summed E-state index contributed by atoms with van der Waals surface area (Å²) in [5.74, 6) is 0.720. The Bertz CT molecular complexity index is 1180. The lowest BCUT2D eigenvalue weighted by Crippen LogP contribution is -2.20. The number of fused-ring (bicyclic) bond motifs is 1. The van der Waals surface area contributed by atoms with Gasteiger partial charge in [-0.3, -0.25) is 4.98 Å². The van der Waals surface area contributed by atoms with Gasteiger partial charge in [-0.2, -0.15) is 0 Å². The van der Waals surface area contributed by atoms with Crippen molar-refractivity contribution in [3.63, 3.8) is 0 Å². The smallest absolute Gasteiger partial charge is 0.220 e. The monoisotopic (exact) mass is 401 g/mol. The molecule has 3 heterocycles. The summed E-state index contributed by atoms with van der Waals surface area (Å²) in [5, 5.41) is 12.0. The first-order chi connectivity index (χ1) is 14.6. The summed E-state index contributed by atoms with van der Waals surface area (Å²) in [7, 11) is 0. The van der Waals surface area contributed by atoms with E-state index in [2.05, 4.69) is 26.0 Å². The summed E-state index contributed by atoms with van der Waals surface area (Å²) in [6, 6.07) is 9.88. The summed E-state index contributed by atoms with van der Waals surface area (Å²) in [4.78, 5) is 16.0. The van der Waals surface area contributed by atoms with E-state index in [0.29, 0.717) is 18.1 Å². The lowest BCUT2D eigenvalue weighted by molar-refractivity contribution is 0.0446. The van der Waals surface area contributed by atoms with E-state index in [0.717, 1.165) is 53.3 Å². The van der Waals surface area contributed by atoms with Gasteiger partial charge < -0.3 is 20.6 Å². The molecule has 4 N–H and O–H groups in total. The third-order valence-corrected chi connectivity index (χ3v) is 5.80. The predicted octanol–water partition coefficient (Wildman–Crippen LogP) is 3.94. The fraction of sp³-hybridized carbons (Fsp3) is 0.261. The molecule has 4 aromatic rings. The van der Waals surface area contributed by atoms with Crippen LogP contribution in [0.3, 0.4) is 0 Å². The maximum Gasteiger partial charge on any atom is 0.220 e. The molecule has 1 saturated carbocycles. The van der Waals surface area contributed by atoms with Crippen molar-refractivity contribution in [3.8, 4) is 17.0 Å². The molecule has 0 atom stereocenters. The third kappa shape index (κ3) is 3.37. The molecule has 7 heteroatoms. The highest BCUT2D eigenvalue weighted by atomic mass is 16.5. The number of rotatable bonds is 5. The van der Waals surface area contributed by atoms with Gasteiger partial charge >= 0.3 is 0 Å². The average Bonchev–Trinajstić information content (AvgIpc) is 3.40. The number of hydrogen-bond acceptors (Lipinski definition) is 6. The molecule has 0 saturated heterocycles. The number of aromatic nitrogens is 4. The van der Waals surface area contributed by atoms with Crippen molar-refractivity contribution < 1.29 is 9.84 Å². The molecule has 1 aliphatic rings. The van der Waals surface area contributed by atoms with E-state index >= 15 is 0 Å². The zero-order chi connectivity index (χ0) is 20.6. The van der Waals surface area contributed by atoms with Gasteiger partial charge in [-0.15, -0.1) is 0 Å². The number of H-pyrrole nitrogens is 1. The lowest BCUT2D eigenvalue weighted by Gasteiger charge is -2.22. The summed E-state index contributed by atoms with van der Waals surface area (Å²) in [5.41, 5.74) is 9.47. The van der Waals surface area contributed by atoms with Crippen LogP contribution in [-0.2, 0) is 12.2 Å². The number of hydrogen-bond donors (Lipinski definition) is 3. The summed E-state index contributed by atoms with van der Waals surface area (Å²) in [6.45, 7) is 0.349. The highest BCUT2D eigenvalue weighted by Crippen LogP contribution is 2.41. The Labute approximate surface area is 174 Å². The highest BCUT2D eigenvalue weighted by molar-refractivity contribution is 5.96. The van der Waals surface area contributed by atoms with Crippen molar-refractivity contribution in [3.05, 3.63) is 66.2 Å². The Morgan fingerprint density at radius 1 is 1.17 bits per heavy atom. The number of nitrogens with zero attached hydrogens (tertiary/aromatic N) is 3. The Balaban J connectivity index is 1.55. The van der Waals surface area contributed by atoms with E-state index in [1.807, 2.05) is 30.5 Å². The van der Waals surface area contributed by atoms with Crippen LogP contribution in [0.1, 0.15) is 36.8 Å². The molecule has 5 rings (SSSR count). The van der Waals surface area contributed by atoms with E-state index in [9.17, 15) is 5.11 Å². The van der Waals surface area contributed by atoms with Crippen LogP contribution in [0.15, 0.2) is 55.1 Å². The summed E-state index contributed by atoms with van der Waals surface area (Å²) in [6.07, 6.45) is 10.7. The number of nitrogens with one attached hydrogen (secondary N) is 1. The topological polar surface area (TPSA) is 110 Å². The van der Waals surface area contributed by atoms with Crippen molar-refractivity contribution in [1.82, 2.24) is 19.9 Å². The summed E-state index contributed by atoms with van der Waals surface area (Å²) < 4.78 is 6.02. The molecule has 0 amide bonds. The Morgan fingerprint density at radius 3 is 2.83 bits per heavy atom. The summed E-state index contributed by atoms with van der Waals surface area (Å²) >= 11 is 0. The molecule has 0 radical (unpaired) electrons. The van der Waals surface area contributed by atoms with Crippen molar-refractivity contribution in [2.45, 2.75) is 37.9 Å². The SMILES string of the molecule is Nc1ncc(OCc2cccnc2)c(-c2c[nH]c3ccc(C4(O)CCCC4)cc23)n1. The van der Waals surface area contributed by atoms with Gasteiger partial charge in [-0.25, -0.2) is 9.97 Å². The molecule has 0 aliphatic heterocycles. The van der Waals surface area contributed by atoms with Gasteiger partial charge in [0.2, 0.25) is 5.95 Å². The Kier molecular flexibility index (Phi) is 4.59. The van der Waals surface area contributed by atoms with Gasteiger partial charge in [0.1, 0.15) is 12.3 Å². The van der Waals surface area contributed by atoms with Crippen molar-refractivity contribution in [1.29, 1.82) is 0 Å². The van der Waals surface area contributed by atoms with Gasteiger partial charge in [-0.1, -0.05) is 25.0 Å². The third-order valence-electron chi connectivity index (χ3n) is 5.80. The van der Waals surface area contributed by atoms with Gasteiger partial charge in [0.05, 0.1) is 11.8 Å². The number of anilines is 1. The minimum atomic E-state index is -0.757. The van der Waals surface area contributed by atoms with E-state index < -0.39 is 5.60 Å². The molecular formula is C23H23N5O2. The van der Waals surface area contributed by atoms with E-state index in [1.165, 1.54) is 0 Å². The largest absolute Gasteiger partial charge is 0.485 e. The van der Waals surface area contributed by atoms with Crippen LogP contribution in [0.5, 0.6) is 5.75 Å². The number of pyridine rings is 1. The normalized spacial score (nSPS) is 15.5. The first kappa shape index (κ1) is 18.6. The molecule has 0 unspecified atom stereocenters. The predicted molar refractivity (Wildman–Crippen MR) is 115 cm³/mol. The van der Waals surface area contributed by atoms with Crippen LogP contribution in [0, 0.1) is 0 Å². The minimum absolute atomic E-state index is 0.179. The first-order valence-electron chi connectivity index (χ1n) is 10.1. The fourth-order valence-corrected chi connectivity index (χ4v) is 4.18. The van der Waals surface area contributed by atoms with E-state index in [4.69, 9.17) is 10.5 Å². The van der Waals surface area contributed by atoms with E-state index in [1.54, 1.807) is 18.6 Å². The number of aromatic amines is 1. The zero-order valence-corrected chi connectivity index (χ0v) is 16.5. The standard InChI is InChI=1S/C23H23N5O2/c24-22-27-13-20(30-14-15-4-3-9-25-11-15)21(28-22)18-12-26-19-6-5-16(10-17(18)19)23(29)7-1-2-8-23/h3-6,9-13,26,29H,1-2,7-8,14H2,(H2,24,27,28). The van der Waals surface area contributed by atoms with Crippen molar-refractivity contribution >= 4 is 16.9 Å². The number of benzene rings is 1. The molecule has 152 valence electrons. The number of nitrogen functional groups attached to an aromatic ring is 1. The molecule has 0 bridgehead atoms. The fourth-order valence-electron chi connectivity index (χ4n) is 4.18. The Hall–Kier alpha value is -3.45. The van der Waals surface area contributed by atoms with Crippen molar-refractivity contribution in [2.75, 3.05) is 5.73 Å².